The molecule has 0 saturated carbocycles. The minimum atomic E-state index is -0.859. The largest absolute Gasteiger partial charge is 0.480 e. The third-order valence-corrected chi connectivity index (χ3v) is 5.30. The maximum Gasteiger partial charge on any atom is 0.320 e. The van der Waals surface area contributed by atoms with Crippen molar-refractivity contribution in [3.63, 3.8) is 0 Å². The van der Waals surface area contributed by atoms with E-state index in [0.29, 0.717) is 18.0 Å². The zero-order chi connectivity index (χ0) is 22.3. The zero-order valence-corrected chi connectivity index (χ0v) is 17.7. The van der Waals surface area contributed by atoms with Crippen molar-refractivity contribution < 1.29 is 19.5 Å². The van der Waals surface area contributed by atoms with Crippen molar-refractivity contribution in [3.8, 4) is 10.4 Å². The lowest BCUT2D eigenvalue weighted by Crippen LogP contribution is -2.37. The van der Waals surface area contributed by atoms with Crippen LogP contribution in [0.1, 0.15) is 36.2 Å². The lowest BCUT2D eigenvalue weighted by Gasteiger charge is -2.15. The third-order valence-electron chi connectivity index (χ3n) is 4.20. The van der Waals surface area contributed by atoms with Gasteiger partial charge in [-0.05, 0) is 35.6 Å². The fourth-order valence-corrected chi connectivity index (χ4v) is 3.93. The summed E-state index contributed by atoms with van der Waals surface area (Å²) in [5.74, 6) is -1.23. The highest BCUT2D eigenvalue weighted by Crippen LogP contribution is 2.35. The van der Waals surface area contributed by atoms with Gasteiger partial charge in [-0.2, -0.15) is 0 Å². The van der Waals surface area contributed by atoms with Gasteiger partial charge in [-0.3, -0.25) is 14.9 Å². The number of urea groups is 1. The Morgan fingerprint density at radius 3 is 2.53 bits per heavy atom. The first-order chi connectivity index (χ1) is 14.2. The number of nitrogens with one attached hydrogen (secondary N) is 2. The molecule has 0 fully saturated rings. The van der Waals surface area contributed by atoms with Crippen LogP contribution in [0.5, 0.6) is 0 Å². The molecule has 160 valence electrons. The molecular formula is C21H26N4O4S. The molecule has 0 spiro atoms. The average Bonchev–Trinajstić information content (AvgIpc) is 3.07. The summed E-state index contributed by atoms with van der Waals surface area (Å²) in [6, 6.07) is 7.84. The number of carbonyl (C=O) groups excluding carboxylic acids is 2. The van der Waals surface area contributed by atoms with Crippen LogP contribution in [0.4, 0.5) is 9.80 Å². The fraction of sp³-hybridized carbons (Fsp3) is 0.286. The van der Waals surface area contributed by atoms with Crippen LogP contribution in [0.25, 0.3) is 16.5 Å². The molecule has 2 aromatic rings. The number of aliphatic carboxylic acids is 1. The van der Waals surface area contributed by atoms with Crippen LogP contribution >= 0.6 is 11.3 Å². The number of anilines is 1. The number of benzene rings is 1. The minimum absolute atomic E-state index is 0.198. The molecule has 30 heavy (non-hydrogen) atoms. The normalized spacial score (nSPS) is 12.2. The van der Waals surface area contributed by atoms with Crippen molar-refractivity contribution in [3.05, 3.63) is 47.5 Å². The van der Waals surface area contributed by atoms with Gasteiger partial charge in [0, 0.05) is 11.4 Å². The molecule has 1 atom stereocenters. The lowest BCUT2D eigenvalue weighted by molar-refractivity contribution is -0.139. The number of nitrogens with two attached hydrogens (primary N) is 2. The smallest absolute Gasteiger partial charge is 0.320 e. The van der Waals surface area contributed by atoms with Crippen LogP contribution in [0, 0.1) is 5.92 Å². The van der Waals surface area contributed by atoms with Crippen LogP contribution in [0.2, 0.25) is 0 Å². The quantitative estimate of drug-likeness (QED) is 0.393. The lowest BCUT2D eigenvalue weighted by atomic mass is 10.0. The molecule has 8 nitrogen and oxygen atoms in total. The second-order valence-corrected chi connectivity index (χ2v) is 8.22. The Morgan fingerprint density at radius 1 is 1.20 bits per heavy atom. The summed E-state index contributed by atoms with van der Waals surface area (Å²) in [5, 5.41) is 15.0. The molecule has 1 heterocycles. The molecule has 0 aliphatic rings. The fourth-order valence-electron chi connectivity index (χ4n) is 2.86. The Kier molecular flexibility index (Phi) is 8.14. The van der Waals surface area contributed by atoms with E-state index in [1.165, 1.54) is 11.3 Å². The van der Waals surface area contributed by atoms with Crippen LogP contribution in [-0.4, -0.2) is 35.6 Å². The van der Waals surface area contributed by atoms with Crippen molar-refractivity contribution in [1.82, 2.24) is 5.32 Å². The summed E-state index contributed by atoms with van der Waals surface area (Å²) in [6.45, 7) is 4.39. The first-order valence-corrected chi connectivity index (χ1v) is 10.2. The Bertz CT molecular complexity index is 952. The van der Waals surface area contributed by atoms with E-state index in [4.69, 9.17) is 11.5 Å². The van der Waals surface area contributed by atoms with Crippen molar-refractivity contribution in [2.45, 2.75) is 26.3 Å². The molecule has 0 radical (unpaired) electrons. The van der Waals surface area contributed by atoms with E-state index in [0.717, 1.165) is 16.0 Å². The van der Waals surface area contributed by atoms with E-state index in [1.54, 1.807) is 6.07 Å². The van der Waals surface area contributed by atoms with Crippen LogP contribution < -0.4 is 22.1 Å². The number of primary amides is 2. The average molecular weight is 431 g/mol. The van der Waals surface area contributed by atoms with Gasteiger partial charge < -0.3 is 21.9 Å². The van der Waals surface area contributed by atoms with E-state index in [9.17, 15) is 19.5 Å². The van der Waals surface area contributed by atoms with Gasteiger partial charge >= 0.3 is 12.0 Å². The summed E-state index contributed by atoms with van der Waals surface area (Å²) in [7, 11) is 0. The Balaban J connectivity index is 2.13. The first kappa shape index (κ1) is 23.1. The van der Waals surface area contributed by atoms with E-state index in [-0.39, 0.29) is 11.5 Å². The molecule has 2 rings (SSSR count). The zero-order valence-electron chi connectivity index (χ0n) is 16.8. The molecule has 0 saturated heterocycles. The molecule has 0 bridgehead atoms. The summed E-state index contributed by atoms with van der Waals surface area (Å²) < 4.78 is 0. The number of hydrogen-bond acceptors (Lipinski definition) is 5. The van der Waals surface area contributed by atoms with Crippen molar-refractivity contribution >= 4 is 40.3 Å². The highest BCUT2D eigenvalue weighted by atomic mass is 32.1. The minimum Gasteiger partial charge on any atom is -0.480 e. The van der Waals surface area contributed by atoms with Crippen LogP contribution in [0.3, 0.4) is 0 Å². The number of thiophene rings is 1. The second-order valence-electron chi connectivity index (χ2n) is 7.16. The van der Waals surface area contributed by atoms with Crippen LogP contribution in [0.15, 0.2) is 36.4 Å². The number of amides is 3. The van der Waals surface area contributed by atoms with Gasteiger partial charge in [0.05, 0.1) is 5.56 Å². The molecular weight excluding hydrogens is 404 g/mol. The summed E-state index contributed by atoms with van der Waals surface area (Å²) in [5.41, 5.74) is 12.5. The van der Waals surface area contributed by atoms with E-state index >= 15 is 0 Å². The SMILES string of the molecule is CC(C)C[C@@H](NC/C=C/c1cccc(-c2cc(C(N)=O)c(NC(N)=O)s2)c1)C(=O)O. The molecule has 0 aliphatic heterocycles. The predicted molar refractivity (Wildman–Crippen MR) is 119 cm³/mol. The Morgan fingerprint density at radius 2 is 1.93 bits per heavy atom. The van der Waals surface area contributed by atoms with Gasteiger partial charge in [0.1, 0.15) is 11.0 Å². The Labute approximate surface area is 179 Å². The van der Waals surface area contributed by atoms with Crippen molar-refractivity contribution in [2.24, 2.45) is 17.4 Å². The second kappa shape index (κ2) is 10.6. The molecule has 0 unspecified atom stereocenters. The number of rotatable bonds is 10. The van der Waals surface area contributed by atoms with E-state index < -0.39 is 23.9 Å². The molecule has 1 aromatic carbocycles. The predicted octanol–water partition coefficient (Wildman–Crippen LogP) is 3.11. The van der Waals surface area contributed by atoms with Crippen LogP contribution in [-0.2, 0) is 4.79 Å². The van der Waals surface area contributed by atoms with E-state index in [1.807, 2.05) is 50.3 Å². The number of hydrogen-bond donors (Lipinski definition) is 5. The van der Waals surface area contributed by atoms with Gasteiger partial charge in [0.2, 0.25) is 0 Å². The molecule has 9 heteroatoms. The topological polar surface area (TPSA) is 148 Å². The molecule has 7 N–H and O–H groups in total. The standard InChI is InChI=1S/C21H26N4O4S/c1-12(2)9-16(20(27)28)24-8-4-6-13-5-3-7-14(10-13)17-11-15(18(22)26)19(30-17)25-21(23)29/h3-7,10-12,16,24H,8-9H2,1-2H3,(H2,22,26)(H,27,28)(H3,23,25,29)/b6-4+/t16-/m1/s1. The van der Waals surface area contributed by atoms with Crippen molar-refractivity contribution in [2.75, 3.05) is 11.9 Å². The number of carboxylic acids is 1. The van der Waals surface area contributed by atoms with Gasteiger partial charge in [-0.1, -0.05) is 44.2 Å². The summed E-state index contributed by atoms with van der Waals surface area (Å²) in [6.07, 6.45) is 4.30. The van der Waals surface area contributed by atoms with Gasteiger partial charge in [-0.15, -0.1) is 11.3 Å². The maximum absolute atomic E-state index is 11.6. The van der Waals surface area contributed by atoms with Gasteiger partial charge in [0.25, 0.3) is 5.91 Å². The van der Waals surface area contributed by atoms with E-state index in [2.05, 4.69) is 10.6 Å². The third kappa shape index (κ3) is 6.71. The summed E-state index contributed by atoms with van der Waals surface area (Å²) >= 11 is 1.20. The molecule has 0 aliphatic carbocycles. The monoisotopic (exact) mass is 430 g/mol. The maximum atomic E-state index is 11.6. The number of carboxylic acid groups (broad SMARTS) is 1. The Hall–Kier alpha value is -3.17. The van der Waals surface area contributed by atoms with Gasteiger partial charge in [0.15, 0.2) is 0 Å². The first-order valence-electron chi connectivity index (χ1n) is 9.40. The molecule has 3 amide bonds. The summed E-state index contributed by atoms with van der Waals surface area (Å²) in [4.78, 5) is 34.8. The highest BCUT2D eigenvalue weighted by Gasteiger charge is 2.17. The van der Waals surface area contributed by atoms with Gasteiger partial charge in [-0.25, -0.2) is 4.79 Å². The van der Waals surface area contributed by atoms with Crippen molar-refractivity contribution in [1.29, 1.82) is 0 Å². The highest BCUT2D eigenvalue weighted by molar-refractivity contribution is 7.20. The molecule has 1 aromatic heterocycles. The number of carbonyl (C=O) groups is 3.